The van der Waals surface area contributed by atoms with Crippen LogP contribution in [-0.2, 0) is 32.2 Å². The van der Waals surface area contributed by atoms with Gasteiger partial charge in [-0.15, -0.1) is 11.8 Å². The Labute approximate surface area is 293 Å². The predicted molar refractivity (Wildman–Crippen MR) is 185 cm³/mol. The van der Waals surface area contributed by atoms with Gasteiger partial charge in [-0.2, -0.15) is 13.2 Å². The summed E-state index contributed by atoms with van der Waals surface area (Å²) in [7, 11) is 0. The van der Waals surface area contributed by atoms with Gasteiger partial charge in [0.1, 0.15) is 6.04 Å². The molecule has 0 aliphatic carbocycles. The minimum Gasteiger partial charge on any atom is -0.392 e. The maximum Gasteiger partial charge on any atom is 0.471 e. The second-order valence-corrected chi connectivity index (χ2v) is 13.7. The zero-order chi connectivity index (χ0) is 35.3. The van der Waals surface area contributed by atoms with E-state index in [9.17, 15) is 27.9 Å². The van der Waals surface area contributed by atoms with Gasteiger partial charge in [0.25, 0.3) is 0 Å². The van der Waals surface area contributed by atoms with E-state index in [4.69, 9.17) is 9.47 Å². The lowest BCUT2D eigenvalue weighted by Crippen LogP contribution is -2.50. The van der Waals surface area contributed by atoms with Crippen molar-refractivity contribution in [2.45, 2.75) is 68.5 Å². The van der Waals surface area contributed by atoms with Gasteiger partial charge in [-0.25, -0.2) is 0 Å². The highest BCUT2D eigenvalue weighted by atomic mass is 32.2. The van der Waals surface area contributed by atoms with Crippen molar-refractivity contribution in [3.05, 3.63) is 125 Å². The van der Waals surface area contributed by atoms with Crippen LogP contribution in [0.3, 0.4) is 0 Å². The molecule has 4 aromatic rings. The van der Waals surface area contributed by atoms with Crippen molar-refractivity contribution in [2.75, 3.05) is 12.3 Å². The Kier molecular flexibility index (Phi) is 11.3. The number of hydrogen-bond donors (Lipinski definition) is 2. The van der Waals surface area contributed by atoms with Crippen LogP contribution in [0.15, 0.2) is 108 Å². The van der Waals surface area contributed by atoms with Crippen molar-refractivity contribution < 1.29 is 37.3 Å². The summed E-state index contributed by atoms with van der Waals surface area (Å²) >= 11 is 1.74. The van der Waals surface area contributed by atoms with Gasteiger partial charge in [-0.1, -0.05) is 85.8 Å². The van der Waals surface area contributed by atoms with Gasteiger partial charge in [-0.05, 0) is 64.9 Å². The van der Waals surface area contributed by atoms with Crippen LogP contribution >= 0.6 is 11.8 Å². The Hall–Kier alpha value is -4.16. The van der Waals surface area contributed by atoms with Crippen LogP contribution in [0.25, 0.3) is 11.1 Å². The number of benzene rings is 4. The molecule has 0 spiro atoms. The third kappa shape index (κ3) is 8.40. The van der Waals surface area contributed by atoms with E-state index < -0.39 is 30.3 Å². The maximum atomic E-state index is 13.1. The van der Waals surface area contributed by atoms with Crippen LogP contribution in [0.4, 0.5) is 13.2 Å². The fourth-order valence-electron chi connectivity index (χ4n) is 6.48. The van der Waals surface area contributed by atoms with E-state index in [0.29, 0.717) is 11.3 Å². The molecule has 7 nitrogen and oxygen atoms in total. The molecule has 0 saturated carbocycles. The van der Waals surface area contributed by atoms with E-state index in [2.05, 4.69) is 24.4 Å². The first-order valence-electron chi connectivity index (χ1n) is 16.6. The van der Waals surface area contributed by atoms with Crippen LogP contribution in [0.5, 0.6) is 0 Å². The van der Waals surface area contributed by atoms with Crippen LogP contribution in [-0.4, -0.2) is 52.4 Å². The minimum atomic E-state index is -5.02. The Morgan fingerprint density at radius 3 is 2.32 bits per heavy atom. The van der Waals surface area contributed by atoms with Crippen molar-refractivity contribution >= 4 is 23.6 Å². The molecular formula is C39H39F3N2O5S. The van der Waals surface area contributed by atoms with E-state index in [1.165, 1.54) is 0 Å². The molecule has 2 amide bonds. The summed E-state index contributed by atoms with van der Waals surface area (Å²) < 4.78 is 52.5. The van der Waals surface area contributed by atoms with Gasteiger partial charge >= 0.3 is 12.1 Å². The first-order valence-corrected chi connectivity index (χ1v) is 17.6. The number of thioether (sulfide) groups is 1. The number of ether oxygens (including phenoxy) is 2. The number of likely N-dealkylation sites (tertiary alicyclic amines) is 1. The zero-order valence-corrected chi connectivity index (χ0v) is 28.3. The molecule has 2 aliphatic heterocycles. The number of aliphatic hydroxyl groups excluding tert-OH is 1. The molecular weight excluding hydrogens is 665 g/mol. The standard InChI is InChI=1S/C39H39F3N2O5S/c1-25-34(24-50-32-12-3-2-4-13-32)48-37(49-35(25)28-17-15-26(23-45)16-18-28)31-11-6-10-30(21-31)29-9-5-8-27(20-29)22-43-36(46)33-14-7-19-44(33)38(47)39(40,41)42/h2-6,8-13,15-18,20-21,25,33-35,37,45H,7,14,19,22-24H2,1H3,(H,43,46)/t25-,33-,34+,35+,37+/m0/s1. The summed E-state index contributed by atoms with van der Waals surface area (Å²) in [5, 5.41) is 12.3. The quantitative estimate of drug-likeness (QED) is 0.166. The summed E-state index contributed by atoms with van der Waals surface area (Å²) in [5.74, 6) is -1.81. The lowest BCUT2D eigenvalue weighted by Gasteiger charge is -2.41. The molecule has 4 aromatic carbocycles. The second kappa shape index (κ2) is 15.8. The summed E-state index contributed by atoms with van der Waals surface area (Å²) in [6.07, 6.45) is -5.52. The van der Waals surface area contributed by atoms with Crippen molar-refractivity contribution in [1.82, 2.24) is 10.2 Å². The monoisotopic (exact) mass is 704 g/mol. The molecule has 0 unspecified atom stereocenters. The predicted octanol–water partition coefficient (Wildman–Crippen LogP) is 7.60. The highest BCUT2D eigenvalue weighted by molar-refractivity contribution is 7.99. The van der Waals surface area contributed by atoms with Crippen LogP contribution in [0, 0.1) is 5.92 Å². The molecule has 2 aliphatic rings. The molecule has 0 bridgehead atoms. The van der Waals surface area contributed by atoms with E-state index in [1.54, 1.807) is 11.8 Å². The number of nitrogens with one attached hydrogen (secondary N) is 1. The Bertz CT molecular complexity index is 1770. The molecule has 262 valence electrons. The van der Waals surface area contributed by atoms with Gasteiger partial charge in [0.05, 0.1) is 18.8 Å². The summed E-state index contributed by atoms with van der Waals surface area (Å²) in [4.78, 5) is 26.5. The first kappa shape index (κ1) is 35.7. The SMILES string of the molecule is C[C@H]1[C@@H](CSc2ccccc2)O[C@@H](c2cccc(-c3cccc(CNC(=O)[C@@H]4CCCN4C(=O)C(F)(F)F)c3)c2)O[C@H]1c1ccc(CO)cc1. The van der Waals surface area contributed by atoms with Crippen molar-refractivity contribution in [3.63, 3.8) is 0 Å². The average Bonchev–Trinajstić information content (AvgIpc) is 3.63. The van der Waals surface area contributed by atoms with Crippen molar-refractivity contribution in [2.24, 2.45) is 5.92 Å². The topological polar surface area (TPSA) is 88.1 Å². The van der Waals surface area contributed by atoms with Gasteiger partial charge in [0.15, 0.2) is 6.29 Å². The number of aliphatic hydroxyl groups is 1. The summed E-state index contributed by atoms with van der Waals surface area (Å²) in [5.41, 5.74) is 5.22. The van der Waals surface area contributed by atoms with E-state index in [1.807, 2.05) is 91.0 Å². The molecule has 2 fully saturated rings. The van der Waals surface area contributed by atoms with E-state index in [0.717, 1.165) is 44.0 Å². The number of alkyl halides is 3. The average molecular weight is 705 g/mol. The van der Waals surface area contributed by atoms with Crippen molar-refractivity contribution in [3.8, 4) is 11.1 Å². The Morgan fingerprint density at radius 2 is 1.60 bits per heavy atom. The van der Waals surface area contributed by atoms with Crippen LogP contribution in [0.2, 0.25) is 0 Å². The molecule has 2 heterocycles. The van der Waals surface area contributed by atoms with Gasteiger partial charge in [0.2, 0.25) is 5.91 Å². The second-order valence-electron chi connectivity index (χ2n) is 12.6. The molecule has 0 aromatic heterocycles. The van der Waals surface area contributed by atoms with E-state index in [-0.39, 0.29) is 44.2 Å². The number of hydrogen-bond acceptors (Lipinski definition) is 6. The Morgan fingerprint density at radius 1 is 0.880 bits per heavy atom. The molecule has 50 heavy (non-hydrogen) atoms. The third-order valence-corrected chi connectivity index (χ3v) is 10.3. The van der Waals surface area contributed by atoms with Gasteiger partial charge < -0.3 is 24.8 Å². The number of halogens is 3. The lowest BCUT2D eigenvalue weighted by atomic mass is 9.91. The first-order chi connectivity index (χ1) is 24.1. The summed E-state index contributed by atoms with van der Waals surface area (Å²) in [6.45, 7) is 2.10. The fourth-order valence-corrected chi connectivity index (χ4v) is 7.57. The highest BCUT2D eigenvalue weighted by Crippen LogP contribution is 2.43. The molecule has 5 atom stereocenters. The molecule has 2 N–H and O–H groups in total. The van der Waals surface area contributed by atoms with Gasteiger partial charge in [-0.3, -0.25) is 9.59 Å². The number of carbonyl (C=O) groups excluding carboxylic acids is 2. The molecule has 2 saturated heterocycles. The normalized spacial score (nSPS) is 22.3. The molecule has 6 rings (SSSR count). The summed E-state index contributed by atoms with van der Waals surface area (Å²) in [6, 6.07) is 32.3. The number of amides is 2. The maximum absolute atomic E-state index is 13.1. The van der Waals surface area contributed by atoms with Crippen molar-refractivity contribution in [1.29, 1.82) is 0 Å². The Balaban J connectivity index is 1.18. The van der Waals surface area contributed by atoms with Gasteiger partial charge in [0, 0.05) is 35.2 Å². The largest absolute Gasteiger partial charge is 0.471 e. The van der Waals surface area contributed by atoms with Crippen LogP contribution < -0.4 is 5.32 Å². The fraction of sp³-hybridized carbons (Fsp3) is 0.333. The minimum absolute atomic E-state index is 0.0358. The number of rotatable bonds is 10. The molecule has 0 radical (unpaired) electrons. The van der Waals surface area contributed by atoms with Crippen LogP contribution in [0.1, 0.15) is 54.4 Å². The molecule has 11 heteroatoms. The highest BCUT2D eigenvalue weighted by Gasteiger charge is 2.47. The third-order valence-electron chi connectivity index (χ3n) is 9.23. The van der Waals surface area contributed by atoms with E-state index >= 15 is 0 Å². The smallest absolute Gasteiger partial charge is 0.392 e. The number of nitrogens with zero attached hydrogens (tertiary/aromatic N) is 1. The lowest BCUT2D eigenvalue weighted by molar-refractivity contribution is -0.268. The number of carbonyl (C=O) groups is 2. The zero-order valence-electron chi connectivity index (χ0n) is 27.5.